The number of rotatable bonds is 7. The van der Waals surface area contributed by atoms with Crippen LogP contribution in [-0.4, -0.2) is 56.2 Å². The second kappa shape index (κ2) is 9.69. The molecule has 3 aromatic rings. The molecule has 0 atom stereocenters. The fraction of sp³-hybridized carbons (Fsp3) is 0.360. The summed E-state index contributed by atoms with van der Waals surface area (Å²) < 4.78 is 11.4. The molecule has 1 saturated heterocycles. The minimum Gasteiger partial charge on any atom is -0.492 e. The zero-order chi connectivity index (χ0) is 20.9. The van der Waals surface area contributed by atoms with E-state index in [0.717, 1.165) is 62.5 Å². The molecule has 1 aliphatic rings. The predicted molar refractivity (Wildman–Crippen MR) is 125 cm³/mol. The molecule has 0 amide bonds. The zero-order valence-corrected chi connectivity index (χ0v) is 18.5. The Bertz CT molecular complexity index is 1000. The lowest BCUT2D eigenvalue weighted by Gasteiger charge is -2.32. The molecule has 0 radical (unpaired) electrons. The van der Waals surface area contributed by atoms with Gasteiger partial charge in [0, 0.05) is 44.2 Å². The van der Waals surface area contributed by atoms with Gasteiger partial charge in [-0.1, -0.05) is 31.2 Å². The number of benzene rings is 2. The third-order valence-electron chi connectivity index (χ3n) is 5.73. The molecule has 0 aliphatic carbocycles. The van der Waals surface area contributed by atoms with Crippen molar-refractivity contribution in [3.8, 4) is 5.75 Å². The summed E-state index contributed by atoms with van der Waals surface area (Å²) in [4.78, 5) is 4.84. The smallest absolute Gasteiger partial charge is 0.194 e. The highest BCUT2D eigenvalue weighted by atomic mass is 35.5. The molecule has 0 spiro atoms. The van der Waals surface area contributed by atoms with E-state index >= 15 is 0 Å². The summed E-state index contributed by atoms with van der Waals surface area (Å²) in [7, 11) is 2.18. The van der Waals surface area contributed by atoms with Crippen molar-refractivity contribution >= 4 is 34.2 Å². The first kappa shape index (κ1) is 21.0. The lowest BCUT2D eigenvalue weighted by atomic mass is 9.99. The molecular formula is C25H29ClN2O2. The maximum atomic E-state index is 5.98. The van der Waals surface area contributed by atoms with Crippen LogP contribution in [0.3, 0.4) is 0 Å². The van der Waals surface area contributed by atoms with E-state index in [1.807, 2.05) is 12.1 Å². The largest absolute Gasteiger partial charge is 0.492 e. The molecule has 4 rings (SSSR count). The average Bonchev–Trinajstić information content (AvgIpc) is 3.13. The first-order chi connectivity index (χ1) is 14.6. The molecule has 0 saturated carbocycles. The van der Waals surface area contributed by atoms with Crippen molar-refractivity contribution in [1.29, 1.82) is 0 Å². The minimum atomic E-state index is 0.424. The molecule has 1 aliphatic heterocycles. The summed E-state index contributed by atoms with van der Waals surface area (Å²) >= 11 is 5.98. The molecule has 4 nitrogen and oxygen atoms in total. The van der Waals surface area contributed by atoms with Crippen molar-refractivity contribution in [3.63, 3.8) is 0 Å². The number of hydrogen-bond acceptors (Lipinski definition) is 4. The van der Waals surface area contributed by atoms with Gasteiger partial charge in [0.15, 0.2) is 5.22 Å². The Kier molecular flexibility index (Phi) is 6.78. The van der Waals surface area contributed by atoms with Gasteiger partial charge in [-0.25, -0.2) is 0 Å². The average molecular weight is 425 g/mol. The number of piperazine rings is 1. The molecule has 5 heteroatoms. The van der Waals surface area contributed by atoms with Crippen LogP contribution in [0.1, 0.15) is 24.5 Å². The molecule has 158 valence electrons. The maximum Gasteiger partial charge on any atom is 0.194 e. The molecule has 2 aromatic carbocycles. The summed E-state index contributed by atoms with van der Waals surface area (Å²) in [5.74, 6) is 0.925. The highest BCUT2D eigenvalue weighted by Crippen LogP contribution is 2.29. The summed E-state index contributed by atoms with van der Waals surface area (Å²) in [6.45, 7) is 8.42. The van der Waals surface area contributed by atoms with E-state index < -0.39 is 0 Å². The Balaban J connectivity index is 1.37. The first-order valence-corrected chi connectivity index (χ1v) is 11.0. The standard InChI is InChI=1S/C25H29ClN2O2/c1-3-20(21-6-9-24-22(17-21)18-25(26)30-24)16-19-4-7-23(8-5-19)29-15-14-28-12-10-27(2)11-13-28/h4-9,16-18H,3,10-15H2,1-2H3. The van der Waals surface area contributed by atoms with E-state index in [1.54, 1.807) is 0 Å². The number of fused-ring (bicyclic) bond motifs is 1. The summed E-state index contributed by atoms with van der Waals surface area (Å²) in [5.41, 5.74) is 4.45. The van der Waals surface area contributed by atoms with Gasteiger partial charge in [-0.2, -0.15) is 0 Å². The predicted octanol–water partition coefficient (Wildman–Crippen LogP) is 5.66. The van der Waals surface area contributed by atoms with Crippen molar-refractivity contribution in [1.82, 2.24) is 9.80 Å². The van der Waals surface area contributed by atoms with Crippen LogP contribution in [0, 0.1) is 0 Å². The van der Waals surface area contributed by atoms with E-state index in [2.05, 4.69) is 66.2 Å². The Hall–Kier alpha value is -2.27. The van der Waals surface area contributed by atoms with E-state index in [-0.39, 0.29) is 0 Å². The third kappa shape index (κ3) is 5.25. The Morgan fingerprint density at radius 1 is 1.07 bits per heavy atom. The van der Waals surface area contributed by atoms with Crippen LogP contribution in [-0.2, 0) is 0 Å². The number of hydrogen-bond donors (Lipinski definition) is 0. The highest BCUT2D eigenvalue weighted by molar-refractivity contribution is 6.29. The summed E-state index contributed by atoms with van der Waals surface area (Å²) in [6.07, 6.45) is 3.18. The topological polar surface area (TPSA) is 28.9 Å². The van der Waals surface area contributed by atoms with Crippen LogP contribution in [0.5, 0.6) is 5.75 Å². The van der Waals surface area contributed by atoms with E-state index in [4.69, 9.17) is 20.8 Å². The van der Waals surface area contributed by atoms with Gasteiger partial charge in [-0.15, -0.1) is 0 Å². The van der Waals surface area contributed by atoms with Gasteiger partial charge >= 0.3 is 0 Å². The monoisotopic (exact) mass is 424 g/mol. The molecule has 1 fully saturated rings. The third-order valence-corrected chi connectivity index (χ3v) is 5.92. The number of allylic oxidation sites excluding steroid dienone is 1. The molecule has 0 N–H and O–H groups in total. The fourth-order valence-electron chi connectivity index (χ4n) is 3.83. The maximum absolute atomic E-state index is 5.98. The van der Waals surface area contributed by atoms with Gasteiger partial charge in [-0.3, -0.25) is 4.90 Å². The number of likely N-dealkylation sites (N-methyl/N-ethyl adjacent to an activating group) is 1. The molecule has 0 bridgehead atoms. The van der Waals surface area contributed by atoms with Gasteiger partial charge < -0.3 is 14.1 Å². The van der Waals surface area contributed by atoms with Crippen LogP contribution in [0.4, 0.5) is 0 Å². The normalized spacial score (nSPS) is 16.3. The number of nitrogens with zero attached hydrogens (tertiary/aromatic N) is 2. The van der Waals surface area contributed by atoms with Gasteiger partial charge in [0.05, 0.1) is 0 Å². The van der Waals surface area contributed by atoms with Crippen molar-refractivity contribution < 1.29 is 9.15 Å². The second-order valence-corrected chi connectivity index (χ2v) is 8.26. The molecule has 30 heavy (non-hydrogen) atoms. The Labute approximate surface area is 183 Å². The van der Waals surface area contributed by atoms with Gasteiger partial charge in [0.1, 0.15) is 17.9 Å². The van der Waals surface area contributed by atoms with Crippen molar-refractivity contribution in [2.24, 2.45) is 0 Å². The van der Waals surface area contributed by atoms with Gasteiger partial charge in [0.25, 0.3) is 0 Å². The molecule has 2 heterocycles. The SMILES string of the molecule is CCC(=Cc1ccc(OCCN2CCN(C)CC2)cc1)c1ccc2oc(Cl)cc2c1. The Morgan fingerprint density at radius 3 is 2.57 bits per heavy atom. The molecule has 1 aromatic heterocycles. The zero-order valence-electron chi connectivity index (χ0n) is 17.7. The summed E-state index contributed by atoms with van der Waals surface area (Å²) in [5, 5.41) is 1.45. The highest BCUT2D eigenvalue weighted by Gasteiger charge is 2.13. The summed E-state index contributed by atoms with van der Waals surface area (Å²) in [6, 6.07) is 16.4. The number of halogens is 1. The lowest BCUT2D eigenvalue weighted by Crippen LogP contribution is -2.45. The van der Waals surface area contributed by atoms with Crippen LogP contribution >= 0.6 is 11.6 Å². The van der Waals surface area contributed by atoms with Gasteiger partial charge in [-0.05, 0) is 66.0 Å². The molecular weight excluding hydrogens is 396 g/mol. The van der Waals surface area contributed by atoms with Crippen LogP contribution in [0.2, 0.25) is 5.22 Å². The number of ether oxygens (including phenoxy) is 1. The van der Waals surface area contributed by atoms with Crippen LogP contribution in [0.15, 0.2) is 52.9 Å². The van der Waals surface area contributed by atoms with E-state index in [9.17, 15) is 0 Å². The van der Waals surface area contributed by atoms with E-state index in [1.165, 1.54) is 16.7 Å². The van der Waals surface area contributed by atoms with E-state index in [0.29, 0.717) is 5.22 Å². The lowest BCUT2D eigenvalue weighted by molar-refractivity contribution is 0.134. The Morgan fingerprint density at radius 2 is 1.83 bits per heavy atom. The van der Waals surface area contributed by atoms with Crippen LogP contribution < -0.4 is 4.74 Å². The second-order valence-electron chi connectivity index (χ2n) is 7.89. The molecule has 0 unspecified atom stereocenters. The first-order valence-electron chi connectivity index (χ1n) is 10.6. The van der Waals surface area contributed by atoms with Gasteiger partial charge in [0.2, 0.25) is 0 Å². The van der Waals surface area contributed by atoms with Crippen molar-refractivity contribution in [2.45, 2.75) is 13.3 Å². The van der Waals surface area contributed by atoms with Crippen molar-refractivity contribution in [3.05, 3.63) is 64.9 Å². The quantitative estimate of drug-likeness (QED) is 0.457. The number of furan rings is 1. The van der Waals surface area contributed by atoms with Crippen molar-refractivity contribution in [2.75, 3.05) is 46.4 Å². The minimum absolute atomic E-state index is 0.424. The fourth-order valence-corrected chi connectivity index (χ4v) is 4.03. The van der Waals surface area contributed by atoms with Crippen LogP contribution in [0.25, 0.3) is 22.6 Å².